The third-order valence-corrected chi connectivity index (χ3v) is 8.91. The van der Waals surface area contributed by atoms with Gasteiger partial charge in [0.1, 0.15) is 0 Å². The normalized spacial score (nSPS) is 34.4. The molecule has 2 aliphatic carbocycles. The van der Waals surface area contributed by atoms with E-state index in [2.05, 4.69) is 31.7 Å². The van der Waals surface area contributed by atoms with Crippen molar-refractivity contribution < 1.29 is 4.79 Å². The van der Waals surface area contributed by atoms with E-state index in [-0.39, 0.29) is 5.92 Å². The van der Waals surface area contributed by atoms with Crippen LogP contribution in [0.15, 0.2) is 12.7 Å². The van der Waals surface area contributed by atoms with E-state index in [4.69, 9.17) is 0 Å². The van der Waals surface area contributed by atoms with Crippen LogP contribution in [0.1, 0.15) is 78.6 Å². The fourth-order valence-corrected chi connectivity index (χ4v) is 7.55. The highest BCUT2D eigenvalue weighted by atomic mass is 32.2. The van der Waals surface area contributed by atoms with Crippen molar-refractivity contribution in [2.45, 2.75) is 84.6 Å². The summed E-state index contributed by atoms with van der Waals surface area (Å²) in [7, 11) is 0. The third-order valence-electron chi connectivity index (χ3n) is 7.56. The maximum atomic E-state index is 13.3. The molecule has 0 aromatic heterocycles. The Bertz CT molecular complexity index is 488. The van der Waals surface area contributed by atoms with E-state index >= 15 is 0 Å². The van der Waals surface area contributed by atoms with Gasteiger partial charge in [0.15, 0.2) is 0 Å². The lowest BCUT2D eigenvalue weighted by molar-refractivity contribution is -0.133. The van der Waals surface area contributed by atoms with Crippen LogP contribution in [-0.2, 0) is 4.79 Å². The van der Waals surface area contributed by atoms with E-state index in [0.29, 0.717) is 22.8 Å². The maximum Gasteiger partial charge on any atom is 0.236 e. The molecule has 0 radical (unpaired) electrons. The summed E-state index contributed by atoms with van der Waals surface area (Å²) in [5, 5.41) is 0. The highest BCUT2D eigenvalue weighted by Crippen LogP contribution is 2.71. The highest BCUT2D eigenvalue weighted by Gasteiger charge is 2.68. The first-order valence-electron chi connectivity index (χ1n) is 10.0. The zero-order valence-electron chi connectivity index (χ0n) is 15.9. The zero-order chi connectivity index (χ0) is 17.4. The summed E-state index contributed by atoms with van der Waals surface area (Å²) in [6, 6.07) is 0.492. The van der Waals surface area contributed by atoms with Gasteiger partial charge in [-0.15, -0.1) is 6.58 Å². The molecule has 24 heavy (non-hydrogen) atoms. The van der Waals surface area contributed by atoms with Gasteiger partial charge in [-0.25, -0.2) is 0 Å². The minimum atomic E-state index is 0.157. The molecule has 1 heterocycles. The molecule has 2 saturated carbocycles. The Hall–Kier alpha value is -0.440. The SMILES string of the molecule is C=CC[C@H](CCCCCC)C(=O)N1SC[C@]23CC[C@H](C[C@@H]12)C3(C)C. The molecule has 0 aromatic carbocycles. The summed E-state index contributed by atoms with van der Waals surface area (Å²) in [5.41, 5.74) is 0.799. The number of unbranched alkanes of at least 4 members (excludes halogenated alkanes) is 3. The predicted molar refractivity (Wildman–Crippen MR) is 104 cm³/mol. The van der Waals surface area contributed by atoms with Crippen LogP contribution in [0.25, 0.3) is 0 Å². The minimum Gasteiger partial charge on any atom is -0.282 e. The molecule has 0 N–H and O–H groups in total. The zero-order valence-corrected chi connectivity index (χ0v) is 16.7. The number of amides is 1. The van der Waals surface area contributed by atoms with E-state index in [1.807, 2.05) is 18.0 Å². The van der Waals surface area contributed by atoms with E-state index in [0.717, 1.165) is 24.5 Å². The second-order valence-electron chi connectivity index (χ2n) is 8.87. The molecule has 2 nitrogen and oxygen atoms in total. The molecular formula is C21H35NOS. The molecule has 3 fully saturated rings. The lowest BCUT2D eigenvalue weighted by atomic mass is 9.69. The molecule has 1 aliphatic heterocycles. The first kappa shape index (κ1) is 18.4. The summed E-state index contributed by atoms with van der Waals surface area (Å²) in [4.78, 5) is 13.3. The fraction of sp³-hybridized carbons (Fsp3) is 0.857. The van der Waals surface area contributed by atoms with Crippen LogP contribution in [-0.4, -0.2) is 22.0 Å². The molecule has 3 rings (SSSR count). The van der Waals surface area contributed by atoms with Gasteiger partial charge in [0, 0.05) is 17.1 Å². The lowest BCUT2D eigenvalue weighted by Crippen LogP contribution is -2.44. The van der Waals surface area contributed by atoms with Crippen molar-refractivity contribution in [1.29, 1.82) is 0 Å². The third kappa shape index (κ3) is 2.75. The van der Waals surface area contributed by atoms with Crippen LogP contribution >= 0.6 is 11.9 Å². The molecule has 3 heteroatoms. The Balaban J connectivity index is 1.67. The van der Waals surface area contributed by atoms with Crippen molar-refractivity contribution in [3.8, 4) is 0 Å². The van der Waals surface area contributed by atoms with Gasteiger partial charge in [0.25, 0.3) is 0 Å². The number of nitrogens with zero attached hydrogens (tertiary/aromatic N) is 1. The molecule has 2 bridgehead atoms. The second-order valence-corrected chi connectivity index (χ2v) is 9.81. The Labute approximate surface area is 153 Å². The Kier molecular flexibility index (Phi) is 5.39. The molecule has 3 aliphatic rings. The summed E-state index contributed by atoms with van der Waals surface area (Å²) >= 11 is 1.84. The van der Waals surface area contributed by atoms with Crippen molar-refractivity contribution in [2.75, 3.05) is 5.75 Å². The van der Waals surface area contributed by atoms with Crippen LogP contribution in [0.2, 0.25) is 0 Å². The number of carbonyl (C=O) groups is 1. The number of allylic oxidation sites excluding steroid dienone is 1. The summed E-state index contributed by atoms with van der Waals surface area (Å²) in [6.07, 6.45) is 12.7. The Morgan fingerprint density at radius 1 is 1.38 bits per heavy atom. The average Bonchev–Trinajstić information content (AvgIpc) is 3.14. The topological polar surface area (TPSA) is 20.3 Å². The van der Waals surface area contributed by atoms with E-state index < -0.39 is 0 Å². The Morgan fingerprint density at radius 2 is 2.17 bits per heavy atom. The molecule has 0 aromatic rings. The number of fused-ring (bicyclic) bond motifs is 1. The van der Waals surface area contributed by atoms with E-state index in [9.17, 15) is 4.79 Å². The summed E-state index contributed by atoms with van der Waals surface area (Å²) in [5.74, 6) is 2.54. The van der Waals surface area contributed by atoms with Crippen LogP contribution in [0.5, 0.6) is 0 Å². The van der Waals surface area contributed by atoms with Gasteiger partial charge in [-0.3, -0.25) is 9.10 Å². The largest absolute Gasteiger partial charge is 0.282 e. The molecule has 0 unspecified atom stereocenters. The van der Waals surface area contributed by atoms with Gasteiger partial charge >= 0.3 is 0 Å². The molecule has 1 saturated heterocycles. The van der Waals surface area contributed by atoms with Gasteiger partial charge in [-0.05, 0) is 55.4 Å². The van der Waals surface area contributed by atoms with Crippen LogP contribution in [0.4, 0.5) is 0 Å². The van der Waals surface area contributed by atoms with E-state index in [1.54, 1.807) is 0 Å². The molecular weight excluding hydrogens is 314 g/mol. The molecule has 1 spiro atoms. The predicted octanol–water partition coefficient (Wildman–Crippen LogP) is 5.83. The van der Waals surface area contributed by atoms with Gasteiger partial charge in [0.2, 0.25) is 5.91 Å². The smallest absolute Gasteiger partial charge is 0.236 e. The van der Waals surface area contributed by atoms with Crippen molar-refractivity contribution in [1.82, 2.24) is 4.31 Å². The average molecular weight is 350 g/mol. The fourth-order valence-electron chi connectivity index (χ4n) is 5.73. The van der Waals surface area contributed by atoms with E-state index in [1.165, 1.54) is 44.9 Å². The standard InChI is InChI=1S/C21H35NOS/c1-5-7-8-9-11-16(10-6-2)19(23)22-18-14-17-12-13-21(18,15-24-22)20(17,3)4/h6,16-18H,2,5,7-15H2,1,3-4H3/t16-,17-,18-,21-/m1/s1. The van der Waals surface area contributed by atoms with Crippen LogP contribution in [0.3, 0.4) is 0 Å². The maximum absolute atomic E-state index is 13.3. The molecule has 4 atom stereocenters. The Morgan fingerprint density at radius 3 is 2.83 bits per heavy atom. The van der Waals surface area contributed by atoms with Gasteiger partial charge in [0.05, 0.1) is 6.04 Å². The number of rotatable bonds is 8. The quantitative estimate of drug-likeness (QED) is 0.312. The highest BCUT2D eigenvalue weighted by molar-refractivity contribution is 7.97. The van der Waals surface area contributed by atoms with Gasteiger partial charge in [-0.1, -0.05) is 52.5 Å². The number of hydrogen-bond acceptors (Lipinski definition) is 2. The molecule has 1 amide bonds. The van der Waals surface area contributed by atoms with Crippen LogP contribution < -0.4 is 0 Å². The first-order chi connectivity index (χ1) is 11.5. The van der Waals surface area contributed by atoms with Gasteiger partial charge < -0.3 is 0 Å². The van der Waals surface area contributed by atoms with Crippen LogP contribution in [0, 0.1) is 22.7 Å². The van der Waals surface area contributed by atoms with Crippen molar-refractivity contribution >= 4 is 17.9 Å². The second kappa shape index (κ2) is 7.05. The molecule has 136 valence electrons. The number of carbonyl (C=O) groups excluding carboxylic acids is 1. The lowest BCUT2D eigenvalue weighted by Gasteiger charge is -2.38. The monoisotopic (exact) mass is 349 g/mol. The van der Waals surface area contributed by atoms with Crippen molar-refractivity contribution in [2.24, 2.45) is 22.7 Å². The van der Waals surface area contributed by atoms with Gasteiger partial charge in [-0.2, -0.15) is 0 Å². The summed E-state index contributed by atoms with van der Waals surface area (Å²) < 4.78 is 2.23. The minimum absolute atomic E-state index is 0.157. The van der Waals surface area contributed by atoms with Crippen molar-refractivity contribution in [3.63, 3.8) is 0 Å². The number of hydrogen-bond donors (Lipinski definition) is 0. The summed E-state index contributed by atoms with van der Waals surface area (Å²) in [6.45, 7) is 11.1. The van der Waals surface area contributed by atoms with Crippen molar-refractivity contribution in [3.05, 3.63) is 12.7 Å². The first-order valence-corrected chi connectivity index (χ1v) is 11.0.